The monoisotopic (exact) mass is 481 g/mol. The number of aromatic nitrogens is 1. The molecule has 2 aromatic carbocycles. The highest BCUT2D eigenvalue weighted by Gasteiger charge is 2.22. The summed E-state index contributed by atoms with van der Waals surface area (Å²) in [7, 11) is 0. The molecule has 0 radical (unpaired) electrons. The van der Waals surface area contributed by atoms with Crippen molar-refractivity contribution in [3.8, 4) is 10.4 Å². The number of hydrogen-bond donors (Lipinski definition) is 6. The van der Waals surface area contributed by atoms with Crippen LogP contribution in [0.3, 0.4) is 0 Å². The standard InChI is InChI=1S/C22H23N7O4S/c23-14-8-4-7-13(9-14)19-18(28-22(34-19)29-21(24)25)20(33)26-11-16(30)27-15(10-17(31)32)12-5-2-1-3-6-12/h1-9,15H,10-11,23H2,(H,26,33)(H,27,30)(H,31,32)(H4,24,25,28,29). The summed E-state index contributed by atoms with van der Waals surface area (Å²) in [4.78, 5) is 45.2. The molecule has 0 spiro atoms. The van der Waals surface area contributed by atoms with Gasteiger partial charge in [0.15, 0.2) is 5.96 Å². The van der Waals surface area contributed by atoms with Gasteiger partial charge in [0.25, 0.3) is 5.91 Å². The molecular formula is C22H23N7O4S. The number of rotatable bonds is 9. The third-order valence-electron chi connectivity index (χ3n) is 4.53. The Morgan fingerprint density at radius 2 is 1.82 bits per heavy atom. The van der Waals surface area contributed by atoms with E-state index in [1.807, 2.05) is 0 Å². The van der Waals surface area contributed by atoms with Crippen LogP contribution >= 0.6 is 11.3 Å². The molecule has 3 aromatic rings. The van der Waals surface area contributed by atoms with Gasteiger partial charge in [-0.1, -0.05) is 53.8 Å². The van der Waals surface area contributed by atoms with Crippen LogP contribution in [0.15, 0.2) is 59.6 Å². The van der Waals surface area contributed by atoms with Crippen LogP contribution in [-0.2, 0) is 9.59 Å². The molecule has 34 heavy (non-hydrogen) atoms. The van der Waals surface area contributed by atoms with Crippen molar-refractivity contribution in [2.45, 2.75) is 12.5 Å². The normalized spacial score (nSPS) is 11.3. The molecule has 1 heterocycles. The third-order valence-corrected chi connectivity index (χ3v) is 5.53. The molecule has 176 valence electrons. The van der Waals surface area contributed by atoms with Crippen LogP contribution in [0.2, 0.25) is 0 Å². The molecule has 9 N–H and O–H groups in total. The minimum absolute atomic E-state index is 0.0218. The Kier molecular flexibility index (Phi) is 7.77. The van der Waals surface area contributed by atoms with Crippen molar-refractivity contribution in [3.63, 3.8) is 0 Å². The van der Waals surface area contributed by atoms with E-state index in [0.717, 1.165) is 11.3 Å². The number of carboxylic acid groups (broad SMARTS) is 1. The number of anilines is 1. The molecule has 12 heteroatoms. The number of amides is 2. The van der Waals surface area contributed by atoms with E-state index in [1.165, 1.54) is 0 Å². The number of benzene rings is 2. The summed E-state index contributed by atoms with van der Waals surface area (Å²) in [6.45, 7) is -0.396. The number of nitrogens with zero attached hydrogens (tertiary/aromatic N) is 2. The SMILES string of the molecule is NC(N)=Nc1nc(C(=O)NCC(=O)NC(CC(=O)O)c2ccccc2)c(-c2cccc(N)c2)s1. The number of aliphatic carboxylic acids is 1. The zero-order chi connectivity index (χ0) is 24.7. The minimum atomic E-state index is -1.07. The van der Waals surface area contributed by atoms with E-state index in [-0.39, 0.29) is 23.2 Å². The first kappa shape index (κ1) is 24.2. The van der Waals surface area contributed by atoms with E-state index in [0.29, 0.717) is 21.7 Å². The summed E-state index contributed by atoms with van der Waals surface area (Å²) < 4.78 is 0. The van der Waals surface area contributed by atoms with Crippen molar-refractivity contribution in [3.05, 3.63) is 65.9 Å². The Morgan fingerprint density at radius 1 is 1.09 bits per heavy atom. The number of nitrogens with one attached hydrogen (secondary N) is 2. The highest BCUT2D eigenvalue weighted by molar-refractivity contribution is 7.19. The number of hydrogen-bond acceptors (Lipinski definition) is 7. The van der Waals surface area contributed by atoms with Gasteiger partial charge in [-0.15, -0.1) is 0 Å². The van der Waals surface area contributed by atoms with Crippen molar-refractivity contribution < 1.29 is 19.5 Å². The molecule has 0 bridgehead atoms. The van der Waals surface area contributed by atoms with E-state index < -0.39 is 30.4 Å². The highest BCUT2D eigenvalue weighted by Crippen LogP contribution is 2.35. The van der Waals surface area contributed by atoms with Crippen molar-refractivity contribution in [1.82, 2.24) is 15.6 Å². The van der Waals surface area contributed by atoms with Crippen molar-refractivity contribution in [2.75, 3.05) is 12.3 Å². The lowest BCUT2D eigenvalue weighted by molar-refractivity contribution is -0.137. The first-order chi connectivity index (χ1) is 16.2. The van der Waals surface area contributed by atoms with Gasteiger partial charge in [-0.3, -0.25) is 14.4 Å². The van der Waals surface area contributed by atoms with Crippen LogP contribution in [0.25, 0.3) is 10.4 Å². The van der Waals surface area contributed by atoms with E-state index in [9.17, 15) is 19.5 Å². The summed E-state index contributed by atoms with van der Waals surface area (Å²) in [6.07, 6.45) is -0.308. The topological polar surface area (TPSA) is 199 Å². The van der Waals surface area contributed by atoms with Gasteiger partial charge in [-0.2, -0.15) is 4.99 Å². The van der Waals surface area contributed by atoms with Crippen LogP contribution in [-0.4, -0.2) is 40.4 Å². The molecular weight excluding hydrogens is 458 g/mol. The highest BCUT2D eigenvalue weighted by atomic mass is 32.1. The fraction of sp³-hybridized carbons (Fsp3) is 0.136. The average Bonchev–Trinajstić information content (AvgIpc) is 3.20. The molecule has 1 atom stereocenters. The predicted octanol–water partition coefficient (Wildman–Crippen LogP) is 1.36. The summed E-state index contributed by atoms with van der Waals surface area (Å²) in [5.74, 6) is -2.48. The van der Waals surface area contributed by atoms with Gasteiger partial charge in [0.05, 0.1) is 23.9 Å². The van der Waals surface area contributed by atoms with Gasteiger partial charge in [-0.25, -0.2) is 4.98 Å². The first-order valence-corrected chi connectivity index (χ1v) is 10.8. The molecule has 1 aromatic heterocycles. The molecule has 0 saturated heterocycles. The number of carboxylic acids is 1. The summed E-state index contributed by atoms with van der Waals surface area (Å²) in [5, 5.41) is 14.5. The lowest BCUT2D eigenvalue weighted by Crippen LogP contribution is -2.39. The number of thiazole rings is 1. The average molecular weight is 482 g/mol. The summed E-state index contributed by atoms with van der Waals surface area (Å²) in [5.41, 5.74) is 18.5. The van der Waals surface area contributed by atoms with Gasteiger partial charge in [0.2, 0.25) is 11.0 Å². The molecule has 0 aliphatic heterocycles. The smallest absolute Gasteiger partial charge is 0.305 e. The molecule has 0 aliphatic carbocycles. The fourth-order valence-electron chi connectivity index (χ4n) is 3.10. The van der Waals surface area contributed by atoms with E-state index in [4.69, 9.17) is 17.2 Å². The van der Waals surface area contributed by atoms with Gasteiger partial charge in [0, 0.05) is 5.69 Å². The molecule has 0 saturated carbocycles. The Labute approximate surface area is 198 Å². The second-order valence-corrected chi connectivity index (χ2v) is 8.13. The lowest BCUT2D eigenvalue weighted by Gasteiger charge is -2.17. The molecule has 0 fully saturated rings. The second kappa shape index (κ2) is 10.9. The maximum atomic E-state index is 12.9. The van der Waals surface area contributed by atoms with E-state index >= 15 is 0 Å². The fourth-order valence-corrected chi connectivity index (χ4v) is 4.05. The first-order valence-electron chi connectivity index (χ1n) is 10.0. The molecule has 2 amide bonds. The number of nitrogens with two attached hydrogens (primary N) is 3. The minimum Gasteiger partial charge on any atom is -0.481 e. The molecule has 0 aliphatic rings. The number of guanidine groups is 1. The maximum Gasteiger partial charge on any atom is 0.305 e. The summed E-state index contributed by atoms with van der Waals surface area (Å²) >= 11 is 1.09. The van der Waals surface area contributed by atoms with Gasteiger partial charge in [-0.05, 0) is 23.3 Å². The largest absolute Gasteiger partial charge is 0.481 e. The quantitative estimate of drug-likeness (QED) is 0.149. The number of nitrogen functional groups attached to an aromatic ring is 1. The Morgan fingerprint density at radius 3 is 2.47 bits per heavy atom. The Balaban J connectivity index is 1.76. The molecule has 3 rings (SSSR count). The van der Waals surface area contributed by atoms with Crippen molar-refractivity contribution >= 4 is 45.9 Å². The summed E-state index contributed by atoms with van der Waals surface area (Å²) in [6, 6.07) is 14.8. The van der Waals surface area contributed by atoms with Gasteiger partial charge < -0.3 is 32.9 Å². The Bertz CT molecular complexity index is 1220. The van der Waals surface area contributed by atoms with Crippen LogP contribution < -0.4 is 27.8 Å². The van der Waals surface area contributed by atoms with Crippen LogP contribution in [0.4, 0.5) is 10.8 Å². The maximum absolute atomic E-state index is 12.9. The van der Waals surface area contributed by atoms with Crippen LogP contribution in [0.1, 0.15) is 28.5 Å². The second-order valence-electron chi connectivity index (χ2n) is 7.15. The van der Waals surface area contributed by atoms with E-state index in [2.05, 4.69) is 20.6 Å². The zero-order valence-electron chi connectivity index (χ0n) is 17.9. The molecule has 1 unspecified atom stereocenters. The number of aliphatic imine (C=N–C) groups is 1. The molecule has 11 nitrogen and oxygen atoms in total. The van der Waals surface area contributed by atoms with Gasteiger partial charge in [0.1, 0.15) is 5.69 Å². The van der Waals surface area contributed by atoms with Gasteiger partial charge >= 0.3 is 5.97 Å². The number of carbonyl (C=O) groups is 3. The third kappa shape index (κ3) is 6.53. The Hall–Kier alpha value is -4.45. The van der Waals surface area contributed by atoms with E-state index in [1.54, 1.807) is 54.6 Å². The van der Waals surface area contributed by atoms with Crippen molar-refractivity contribution in [1.29, 1.82) is 0 Å². The lowest BCUT2D eigenvalue weighted by atomic mass is 10.0. The van der Waals surface area contributed by atoms with Crippen LogP contribution in [0.5, 0.6) is 0 Å². The number of carbonyl (C=O) groups excluding carboxylic acids is 2. The zero-order valence-corrected chi connectivity index (χ0v) is 18.7. The van der Waals surface area contributed by atoms with Crippen molar-refractivity contribution in [2.24, 2.45) is 16.5 Å². The predicted molar refractivity (Wildman–Crippen MR) is 129 cm³/mol. The van der Waals surface area contributed by atoms with Crippen LogP contribution in [0, 0.1) is 0 Å².